The SMILES string of the molecule is C#CCCNCc1ccc(CC(=O)O)s1. The van der Waals surface area contributed by atoms with Gasteiger partial charge in [0.25, 0.3) is 0 Å². The van der Waals surface area contributed by atoms with Crippen molar-refractivity contribution in [3.8, 4) is 12.3 Å². The number of terminal acetylenes is 1. The van der Waals surface area contributed by atoms with E-state index in [-0.39, 0.29) is 6.42 Å². The molecule has 0 unspecified atom stereocenters. The van der Waals surface area contributed by atoms with E-state index in [0.29, 0.717) is 6.42 Å². The number of carboxylic acid groups (broad SMARTS) is 1. The van der Waals surface area contributed by atoms with E-state index in [1.807, 2.05) is 12.1 Å². The van der Waals surface area contributed by atoms with Crippen LogP contribution in [0.3, 0.4) is 0 Å². The van der Waals surface area contributed by atoms with E-state index in [1.165, 1.54) is 11.3 Å². The third kappa shape index (κ3) is 4.63. The van der Waals surface area contributed by atoms with Crippen LogP contribution >= 0.6 is 11.3 Å². The zero-order valence-corrected chi connectivity index (χ0v) is 9.14. The van der Waals surface area contributed by atoms with E-state index in [2.05, 4.69) is 11.2 Å². The van der Waals surface area contributed by atoms with E-state index in [0.717, 1.165) is 22.8 Å². The minimum absolute atomic E-state index is 0.106. The molecule has 1 heterocycles. The van der Waals surface area contributed by atoms with Crippen molar-refractivity contribution in [1.29, 1.82) is 0 Å². The van der Waals surface area contributed by atoms with E-state index in [4.69, 9.17) is 11.5 Å². The van der Waals surface area contributed by atoms with Crippen molar-refractivity contribution in [3.05, 3.63) is 21.9 Å². The van der Waals surface area contributed by atoms with Gasteiger partial charge in [-0.25, -0.2) is 0 Å². The number of nitrogens with one attached hydrogen (secondary N) is 1. The summed E-state index contributed by atoms with van der Waals surface area (Å²) in [5.41, 5.74) is 0. The molecule has 1 rings (SSSR count). The number of hydrogen-bond acceptors (Lipinski definition) is 3. The van der Waals surface area contributed by atoms with Gasteiger partial charge in [-0.2, -0.15) is 0 Å². The van der Waals surface area contributed by atoms with Gasteiger partial charge in [-0.1, -0.05) is 0 Å². The lowest BCUT2D eigenvalue weighted by Crippen LogP contribution is -2.13. The summed E-state index contributed by atoms with van der Waals surface area (Å²) >= 11 is 1.52. The normalized spacial score (nSPS) is 9.80. The minimum Gasteiger partial charge on any atom is -0.481 e. The number of hydrogen-bond donors (Lipinski definition) is 2. The third-order valence-corrected chi connectivity index (χ3v) is 2.87. The molecule has 0 saturated heterocycles. The summed E-state index contributed by atoms with van der Waals surface area (Å²) in [5, 5.41) is 11.8. The minimum atomic E-state index is -0.788. The molecular formula is C11H13NO2S. The molecule has 0 amide bonds. The van der Waals surface area contributed by atoms with Gasteiger partial charge in [0.1, 0.15) is 0 Å². The number of thiophene rings is 1. The predicted molar refractivity (Wildman–Crippen MR) is 60.8 cm³/mol. The fourth-order valence-electron chi connectivity index (χ4n) is 1.13. The topological polar surface area (TPSA) is 49.3 Å². The maximum Gasteiger partial charge on any atom is 0.308 e. The van der Waals surface area contributed by atoms with Gasteiger partial charge >= 0.3 is 5.97 Å². The number of rotatable bonds is 6. The summed E-state index contributed by atoms with van der Waals surface area (Å²) in [6.45, 7) is 1.55. The van der Waals surface area contributed by atoms with Crippen LogP contribution in [-0.4, -0.2) is 17.6 Å². The van der Waals surface area contributed by atoms with Crippen LogP contribution in [0.25, 0.3) is 0 Å². The summed E-state index contributed by atoms with van der Waals surface area (Å²) in [4.78, 5) is 12.5. The average molecular weight is 223 g/mol. The quantitative estimate of drug-likeness (QED) is 0.567. The molecule has 0 bridgehead atoms. The molecular weight excluding hydrogens is 210 g/mol. The molecule has 0 aliphatic rings. The van der Waals surface area contributed by atoms with E-state index in [1.54, 1.807) is 0 Å². The van der Waals surface area contributed by atoms with Crippen LogP contribution in [0.4, 0.5) is 0 Å². The van der Waals surface area contributed by atoms with Crippen molar-refractivity contribution in [2.45, 2.75) is 19.4 Å². The number of aliphatic carboxylic acids is 1. The first-order chi connectivity index (χ1) is 7.22. The van der Waals surface area contributed by atoms with E-state index < -0.39 is 5.97 Å². The highest BCUT2D eigenvalue weighted by Crippen LogP contribution is 2.16. The van der Waals surface area contributed by atoms with E-state index in [9.17, 15) is 4.79 Å². The molecule has 0 aliphatic carbocycles. The van der Waals surface area contributed by atoms with Gasteiger partial charge in [0.05, 0.1) is 6.42 Å². The van der Waals surface area contributed by atoms with Crippen LogP contribution in [0.5, 0.6) is 0 Å². The largest absolute Gasteiger partial charge is 0.481 e. The van der Waals surface area contributed by atoms with Crippen molar-refractivity contribution in [1.82, 2.24) is 5.32 Å². The van der Waals surface area contributed by atoms with Crippen LogP contribution in [0.15, 0.2) is 12.1 Å². The Morgan fingerprint density at radius 3 is 2.93 bits per heavy atom. The fraction of sp³-hybridized carbons (Fsp3) is 0.364. The van der Waals surface area contributed by atoms with Crippen LogP contribution in [-0.2, 0) is 17.8 Å². The zero-order valence-electron chi connectivity index (χ0n) is 8.32. The lowest BCUT2D eigenvalue weighted by molar-refractivity contribution is -0.136. The molecule has 0 aliphatic heterocycles. The van der Waals surface area contributed by atoms with Gasteiger partial charge in [0, 0.05) is 29.3 Å². The molecule has 80 valence electrons. The van der Waals surface area contributed by atoms with Crippen LogP contribution in [0.1, 0.15) is 16.2 Å². The Bertz CT molecular complexity index is 365. The second-order valence-corrected chi connectivity index (χ2v) is 4.32. The lowest BCUT2D eigenvalue weighted by Gasteiger charge is -1.98. The standard InChI is InChI=1S/C11H13NO2S/c1-2-3-6-12-8-10-5-4-9(15-10)7-11(13)14/h1,4-5,12H,3,6-8H2,(H,13,14). The van der Waals surface area contributed by atoms with Crippen molar-refractivity contribution < 1.29 is 9.90 Å². The van der Waals surface area contributed by atoms with Crippen molar-refractivity contribution in [2.75, 3.05) is 6.54 Å². The maximum atomic E-state index is 10.4. The van der Waals surface area contributed by atoms with Gasteiger partial charge < -0.3 is 10.4 Å². The van der Waals surface area contributed by atoms with Gasteiger partial charge in [0.15, 0.2) is 0 Å². The molecule has 0 radical (unpaired) electrons. The molecule has 0 saturated carbocycles. The highest BCUT2D eigenvalue weighted by molar-refractivity contribution is 7.12. The van der Waals surface area contributed by atoms with Crippen LogP contribution in [0, 0.1) is 12.3 Å². The molecule has 1 aromatic rings. The highest BCUT2D eigenvalue weighted by Gasteiger charge is 2.03. The summed E-state index contributed by atoms with van der Waals surface area (Å²) in [7, 11) is 0. The summed E-state index contributed by atoms with van der Waals surface area (Å²) < 4.78 is 0. The van der Waals surface area contributed by atoms with Crippen molar-refractivity contribution in [3.63, 3.8) is 0 Å². The van der Waals surface area contributed by atoms with Crippen LogP contribution in [0.2, 0.25) is 0 Å². The van der Waals surface area contributed by atoms with Crippen molar-refractivity contribution in [2.24, 2.45) is 0 Å². The Hall–Kier alpha value is -1.31. The third-order valence-electron chi connectivity index (χ3n) is 1.79. The monoisotopic (exact) mass is 223 g/mol. The second-order valence-electron chi connectivity index (χ2n) is 3.07. The van der Waals surface area contributed by atoms with Gasteiger partial charge in [-0.05, 0) is 12.1 Å². The molecule has 0 spiro atoms. The molecule has 1 aromatic heterocycles. The predicted octanol–water partition coefficient (Wildman–Crippen LogP) is 1.49. The summed E-state index contributed by atoms with van der Waals surface area (Å²) in [6, 6.07) is 3.81. The maximum absolute atomic E-state index is 10.4. The first-order valence-corrected chi connectivity index (χ1v) is 5.47. The molecule has 0 aromatic carbocycles. The van der Waals surface area contributed by atoms with Crippen molar-refractivity contribution >= 4 is 17.3 Å². The lowest BCUT2D eigenvalue weighted by atomic mass is 10.3. The summed E-state index contributed by atoms with van der Waals surface area (Å²) in [5.74, 6) is 1.76. The Labute approximate surface area is 93.1 Å². The molecule has 2 N–H and O–H groups in total. The Morgan fingerprint density at radius 2 is 2.27 bits per heavy atom. The highest BCUT2D eigenvalue weighted by atomic mass is 32.1. The molecule has 3 nitrogen and oxygen atoms in total. The molecule has 4 heteroatoms. The Kier molecular flexibility index (Phi) is 4.88. The number of carboxylic acids is 1. The van der Waals surface area contributed by atoms with Gasteiger partial charge in [-0.15, -0.1) is 23.7 Å². The number of carbonyl (C=O) groups is 1. The first-order valence-electron chi connectivity index (χ1n) is 4.66. The average Bonchev–Trinajstić information content (AvgIpc) is 2.59. The van der Waals surface area contributed by atoms with Gasteiger partial charge in [-0.3, -0.25) is 4.79 Å². The van der Waals surface area contributed by atoms with Gasteiger partial charge in [0.2, 0.25) is 0 Å². The smallest absolute Gasteiger partial charge is 0.308 e. The van der Waals surface area contributed by atoms with E-state index >= 15 is 0 Å². The van der Waals surface area contributed by atoms with Crippen LogP contribution < -0.4 is 5.32 Å². The molecule has 0 fully saturated rings. The Morgan fingerprint density at radius 1 is 1.53 bits per heavy atom. The Balaban J connectivity index is 2.33. The molecule has 15 heavy (non-hydrogen) atoms. The molecule has 0 atom stereocenters. The first kappa shape index (κ1) is 11.8. The summed E-state index contributed by atoms with van der Waals surface area (Å²) in [6.07, 6.45) is 5.94. The zero-order chi connectivity index (χ0) is 11.1. The fourth-order valence-corrected chi connectivity index (χ4v) is 2.11. The second kappa shape index (κ2) is 6.23.